The third-order valence-corrected chi connectivity index (χ3v) is 2.61. The molecule has 0 aliphatic rings. The van der Waals surface area contributed by atoms with E-state index in [1.807, 2.05) is 28.9 Å². The van der Waals surface area contributed by atoms with Crippen LogP contribution in [0.1, 0.15) is 26.5 Å². The molecule has 90 valence electrons. The van der Waals surface area contributed by atoms with Crippen LogP contribution in [-0.4, -0.2) is 32.9 Å². The Morgan fingerprint density at radius 3 is 2.81 bits per heavy atom. The summed E-state index contributed by atoms with van der Waals surface area (Å²) in [6.07, 6.45) is 1.99. The van der Waals surface area contributed by atoms with Gasteiger partial charge in [-0.05, 0) is 39.1 Å². The lowest BCUT2D eigenvalue weighted by Crippen LogP contribution is -2.40. The molecule has 1 rings (SSSR count). The number of rotatable bonds is 4. The molecule has 16 heavy (non-hydrogen) atoms. The van der Waals surface area contributed by atoms with E-state index in [4.69, 9.17) is 12.2 Å². The van der Waals surface area contributed by atoms with E-state index in [9.17, 15) is 0 Å². The van der Waals surface area contributed by atoms with E-state index in [1.165, 1.54) is 0 Å². The van der Waals surface area contributed by atoms with E-state index >= 15 is 0 Å². The second kappa shape index (κ2) is 5.84. The summed E-state index contributed by atoms with van der Waals surface area (Å²) >= 11 is 5.27. The lowest BCUT2D eigenvalue weighted by Gasteiger charge is -2.21. The highest BCUT2D eigenvalue weighted by atomic mass is 32.1. The molecular formula is C11H20N4S. The molecule has 0 aromatic carbocycles. The molecule has 0 aliphatic carbocycles. The van der Waals surface area contributed by atoms with E-state index in [-0.39, 0.29) is 0 Å². The van der Waals surface area contributed by atoms with Crippen LogP contribution in [0.25, 0.3) is 0 Å². The van der Waals surface area contributed by atoms with Gasteiger partial charge in [0.25, 0.3) is 0 Å². The number of aromatic nitrogens is 2. The second-order valence-electron chi connectivity index (χ2n) is 4.12. The molecule has 5 heteroatoms. The van der Waals surface area contributed by atoms with Gasteiger partial charge in [-0.25, -0.2) is 0 Å². The van der Waals surface area contributed by atoms with Crippen LogP contribution in [0.2, 0.25) is 0 Å². The Labute approximate surface area is 103 Å². The van der Waals surface area contributed by atoms with Gasteiger partial charge in [0.15, 0.2) is 5.11 Å². The van der Waals surface area contributed by atoms with Gasteiger partial charge in [0, 0.05) is 25.8 Å². The van der Waals surface area contributed by atoms with Crippen molar-refractivity contribution < 1.29 is 0 Å². The Balaban J connectivity index is 2.50. The monoisotopic (exact) mass is 240 g/mol. The summed E-state index contributed by atoms with van der Waals surface area (Å²) in [6.45, 7) is 7.87. The Morgan fingerprint density at radius 2 is 2.31 bits per heavy atom. The molecule has 4 nitrogen and oxygen atoms in total. The molecule has 0 spiro atoms. The summed E-state index contributed by atoms with van der Waals surface area (Å²) in [5, 5.41) is 8.39. The standard InChI is InChI=1S/C11H20N4S/c1-5-15-7-6-10(13-15)8-14(4)11(16)12-9(2)3/h6-7,9H,5,8H2,1-4H3,(H,12,16). The molecule has 0 fully saturated rings. The molecule has 0 bridgehead atoms. The van der Waals surface area contributed by atoms with Crippen molar-refractivity contribution in [2.75, 3.05) is 7.05 Å². The molecule has 0 radical (unpaired) electrons. The summed E-state index contributed by atoms with van der Waals surface area (Å²) < 4.78 is 1.92. The van der Waals surface area contributed by atoms with Crippen LogP contribution in [0.4, 0.5) is 0 Å². The van der Waals surface area contributed by atoms with Gasteiger partial charge < -0.3 is 10.2 Å². The fourth-order valence-corrected chi connectivity index (χ4v) is 1.64. The molecule has 1 aromatic heterocycles. The predicted octanol–water partition coefficient (Wildman–Crippen LogP) is 1.62. The van der Waals surface area contributed by atoms with Crippen LogP contribution in [0, 0.1) is 0 Å². The number of thiocarbonyl (C=S) groups is 1. The Hall–Kier alpha value is -1.10. The molecule has 1 N–H and O–H groups in total. The van der Waals surface area contributed by atoms with Crippen LogP contribution in [-0.2, 0) is 13.1 Å². The fraction of sp³-hybridized carbons (Fsp3) is 0.636. The Morgan fingerprint density at radius 1 is 1.62 bits per heavy atom. The van der Waals surface area contributed by atoms with Crippen molar-refractivity contribution in [2.45, 2.75) is 39.9 Å². The van der Waals surface area contributed by atoms with Crippen LogP contribution in [0.3, 0.4) is 0 Å². The number of hydrogen-bond acceptors (Lipinski definition) is 2. The summed E-state index contributed by atoms with van der Waals surface area (Å²) in [5.74, 6) is 0. The molecule has 0 atom stereocenters. The van der Waals surface area contributed by atoms with E-state index < -0.39 is 0 Å². The normalized spacial score (nSPS) is 10.6. The average molecular weight is 240 g/mol. The predicted molar refractivity (Wildman–Crippen MR) is 70.2 cm³/mol. The second-order valence-corrected chi connectivity index (χ2v) is 4.51. The van der Waals surface area contributed by atoms with Gasteiger partial charge in [0.1, 0.15) is 0 Å². The highest BCUT2D eigenvalue weighted by Gasteiger charge is 2.07. The Bertz CT molecular complexity index is 346. The van der Waals surface area contributed by atoms with Gasteiger partial charge >= 0.3 is 0 Å². The van der Waals surface area contributed by atoms with Crippen LogP contribution in [0.15, 0.2) is 12.3 Å². The maximum absolute atomic E-state index is 5.27. The van der Waals surface area contributed by atoms with Gasteiger partial charge in [-0.3, -0.25) is 4.68 Å². The lowest BCUT2D eigenvalue weighted by molar-refractivity contribution is 0.468. The zero-order valence-corrected chi connectivity index (χ0v) is 11.2. The lowest BCUT2D eigenvalue weighted by atomic mass is 10.4. The maximum atomic E-state index is 5.27. The van der Waals surface area contributed by atoms with Gasteiger partial charge in [-0.1, -0.05) is 0 Å². The molecule has 0 saturated heterocycles. The molecule has 0 unspecified atom stereocenters. The summed E-state index contributed by atoms with van der Waals surface area (Å²) in [6, 6.07) is 2.39. The molecular weight excluding hydrogens is 220 g/mol. The molecule has 0 aliphatic heterocycles. The van der Waals surface area contributed by atoms with E-state index in [0.717, 1.165) is 23.9 Å². The number of nitrogens with zero attached hydrogens (tertiary/aromatic N) is 3. The fourth-order valence-electron chi connectivity index (χ4n) is 1.34. The quantitative estimate of drug-likeness (QED) is 0.811. The molecule has 1 aromatic rings. The third-order valence-electron chi connectivity index (χ3n) is 2.18. The SMILES string of the molecule is CCn1ccc(CN(C)C(=S)NC(C)C)n1. The number of aryl methyl sites for hydroxylation is 1. The van der Waals surface area contributed by atoms with Gasteiger partial charge in [0.05, 0.1) is 12.2 Å². The zero-order chi connectivity index (χ0) is 12.1. The zero-order valence-electron chi connectivity index (χ0n) is 10.4. The maximum Gasteiger partial charge on any atom is 0.169 e. The first-order valence-corrected chi connectivity index (χ1v) is 5.97. The highest BCUT2D eigenvalue weighted by Crippen LogP contribution is 2.01. The molecule has 0 saturated carbocycles. The smallest absolute Gasteiger partial charge is 0.169 e. The topological polar surface area (TPSA) is 33.1 Å². The molecule has 1 heterocycles. The van der Waals surface area contributed by atoms with Crippen molar-refractivity contribution in [3.05, 3.63) is 18.0 Å². The van der Waals surface area contributed by atoms with Crippen molar-refractivity contribution in [2.24, 2.45) is 0 Å². The summed E-state index contributed by atoms with van der Waals surface area (Å²) in [5.41, 5.74) is 1.04. The van der Waals surface area contributed by atoms with E-state index in [0.29, 0.717) is 6.04 Å². The number of hydrogen-bond donors (Lipinski definition) is 1. The van der Waals surface area contributed by atoms with E-state index in [2.05, 4.69) is 31.2 Å². The largest absolute Gasteiger partial charge is 0.360 e. The first-order valence-electron chi connectivity index (χ1n) is 5.57. The van der Waals surface area contributed by atoms with Crippen molar-refractivity contribution in [1.29, 1.82) is 0 Å². The minimum Gasteiger partial charge on any atom is -0.360 e. The minimum atomic E-state index is 0.364. The number of nitrogens with one attached hydrogen (secondary N) is 1. The highest BCUT2D eigenvalue weighted by molar-refractivity contribution is 7.80. The van der Waals surface area contributed by atoms with Crippen LogP contribution < -0.4 is 5.32 Å². The average Bonchev–Trinajstić information content (AvgIpc) is 2.64. The van der Waals surface area contributed by atoms with Crippen molar-refractivity contribution in [1.82, 2.24) is 20.0 Å². The first-order chi connectivity index (χ1) is 7.52. The summed E-state index contributed by atoms with van der Waals surface area (Å²) in [4.78, 5) is 2.00. The van der Waals surface area contributed by atoms with Crippen molar-refractivity contribution in [3.8, 4) is 0 Å². The summed E-state index contributed by atoms with van der Waals surface area (Å²) in [7, 11) is 1.97. The van der Waals surface area contributed by atoms with E-state index in [1.54, 1.807) is 0 Å². The third kappa shape index (κ3) is 3.81. The van der Waals surface area contributed by atoms with Crippen LogP contribution in [0.5, 0.6) is 0 Å². The van der Waals surface area contributed by atoms with Crippen LogP contribution >= 0.6 is 12.2 Å². The minimum absolute atomic E-state index is 0.364. The molecule has 0 amide bonds. The van der Waals surface area contributed by atoms with Gasteiger partial charge in [-0.15, -0.1) is 0 Å². The Kier molecular flexibility index (Phi) is 4.73. The van der Waals surface area contributed by atoms with Crippen molar-refractivity contribution >= 4 is 17.3 Å². The van der Waals surface area contributed by atoms with Gasteiger partial charge in [0.2, 0.25) is 0 Å². The van der Waals surface area contributed by atoms with Crippen molar-refractivity contribution in [3.63, 3.8) is 0 Å². The first kappa shape index (κ1) is 13.0. The van der Waals surface area contributed by atoms with Gasteiger partial charge in [-0.2, -0.15) is 5.10 Å².